The smallest absolute Gasteiger partial charge is 0.397 e. The highest BCUT2D eigenvalue weighted by molar-refractivity contribution is 6.33. The summed E-state index contributed by atoms with van der Waals surface area (Å²) in [6.45, 7) is 0. The van der Waals surface area contributed by atoms with Crippen LogP contribution in [-0.4, -0.2) is 6.16 Å². The van der Waals surface area contributed by atoms with Gasteiger partial charge >= 0.3 is 6.16 Å². The van der Waals surface area contributed by atoms with Crippen LogP contribution < -0.4 is 10.6 Å². The molecule has 5 nitrogen and oxygen atoms in total. The Balaban J connectivity index is 2.60. The molecule has 0 aliphatic heterocycles. The van der Waals surface area contributed by atoms with Crippen LogP contribution in [0.5, 0.6) is 5.75 Å². The molecular formula is C7H5Cl2NO4. The number of halogens is 2. The van der Waals surface area contributed by atoms with E-state index in [-0.39, 0.29) is 5.75 Å². The fraction of sp³-hybridized carbons (Fsp3) is 0. The van der Waals surface area contributed by atoms with Gasteiger partial charge in [0.25, 0.3) is 0 Å². The average molecular weight is 238 g/mol. The molecule has 14 heavy (non-hydrogen) atoms. The second-order valence-corrected chi connectivity index (χ2v) is 2.74. The van der Waals surface area contributed by atoms with Crippen LogP contribution in [0.25, 0.3) is 0 Å². The number of nitrogens with two attached hydrogens (primary N) is 1. The van der Waals surface area contributed by atoms with E-state index in [0.717, 1.165) is 0 Å². The van der Waals surface area contributed by atoms with E-state index in [2.05, 4.69) is 25.9 Å². The summed E-state index contributed by atoms with van der Waals surface area (Å²) >= 11 is 10.3. The maximum Gasteiger partial charge on any atom is 0.568 e. The lowest BCUT2D eigenvalue weighted by atomic mass is 10.3. The summed E-state index contributed by atoms with van der Waals surface area (Å²) in [6, 6.07) is 4.33. The maximum absolute atomic E-state index is 10.4. The first kappa shape index (κ1) is 10.7. The number of rotatable bonds is 2. The van der Waals surface area contributed by atoms with Gasteiger partial charge in [-0.05, 0) is 12.1 Å². The molecule has 0 spiro atoms. The summed E-state index contributed by atoms with van der Waals surface area (Å²) in [5.41, 5.74) is 5.75. The van der Waals surface area contributed by atoms with Crippen LogP contribution in [0.3, 0.4) is 0 Å². The number of nitrogen functional groups attached to an aromatic ring is 1. The highest BCUT2D eigenvalue weighted by atomic mass is 35.5. The molecule has 1 rings (SSSR count). The van der Waals surface area contributed by atoms with Crippen LogP contribution >= 0.6 is 23.5 Å². The van der Waals surface area contributed by atoms with Crippen molar-refractivity contribution in [2.45, 2.75) is 0 Å². The lowest BCUT2D eigenvalue weighted by Gasteiger charge is -2.03. The second-order valence-electron chi connectivity index (χ2n) is 2.18. The van der Waals surface area contributed by atoms with E-state index >= 15 is 0 Å². The number of anilines is 1. The fourth-order valence-electron chi connectivity index (χ4n) is 0.669. The molecule has 1 aromatic rings. The number of benzene rings is 1. The highest BCUT2D eigenvalue weighted by Gasteiger charge is 2.06. The maximum atomic E-state index is 10.4. The van der Waals surface area contributed by atoms with Gasteiger partial charge in [0.1, 0.15) is 11.9 Å². The topological polar surface area (TPSA) is 70.8 Å². The van der Waals surface area contributed by atoms with E-state index in [1.807, 2.05) is 0 Å². The van der Waals surface area contributed by atoms with Crippen LogP contribution in [-0.2, 0) is 9.18 Å². The van der Waals surface area contributed by atoms with Crippen LogP contribution in [0.2, 0.25) is 5.02 Å². The molecule has 0 atom stereocenters. The molecule has 2 N–H and O–H groups in total. The molecule has 0 saturated carbocycles. The molecule has 0 fully saturated rings. The molecule has 76 valence electrons. The van der Waals surface area contributed by atoms with Gasteiger partial charge < -0.3 is 10.0 Å². The minimum Gasteiger partial charge on any atom is -0.397 e. The predicted molar refractivity (Wildman–Crippen MR) is 49.9 cm³/mol. The molecule has 0 saturated heterocycles. The van der Waals surface area contributed by atoms with Gasteiger partial charge in [0.05, 0.1) is 10.7 Å². The average Bonchev–Trinajstić information content (AvgIpc) is 2.19. The van der Waals surface area contributed by atoms with E-state index in [4.69, 9.17) is 17.3 Å². The Morgan fingerprint density at radius 2 is 2.14 bits per heavy atom. The molecule has 0 heterocycles. The predicted octanol–water partition coefficient (Wildman–Crippen LogP) is 2.52. The third-order valence-corrected chi connectivity index (χ3v) is 1.71. The van der Waals surface area contributed by atoms with Gasteiger partial charge in [-0.2, -0.15) is 4.79 Å². The summed E-state index contributed by atoms with van der Waals surface area (Å²) in [4.78, 5) is 19.0. The summed E-state index contributed by atoms with van der Waals surface area (Å²) in [7, 11) is 0. The van der Waals surface area contributed by atoms with Crippen molar-refractivity contribution < 1.29 is 18.9 Å². The normalized spacial score (nSPS) is 9.29. The van der Waals surface area contributed by atoms with Crippen molar-refractivity contribution in [2.24, 2.45) is 0 Å². The third kappa shape index (κ3) is 2.86. The van der Waals surface area contributed by atoms with Crippen molar-refractivity contribution in [3.63, 3.8) is 0 Å². The van der Waals surface area contributed by atoms with Crippen molar-refractivity contribution >= 4 is 35.3 Å². The van der Waals surface area contributed by atoms with E-state index < -0.39 is 6.16 Å². The van der Waals surface area contributed by atoms with Gasteiger partial charge in [-0.3, -0.25) is 4.89 Å². The van der Waals surface area contributed by atoms with Crippen molar-refractivity contribution in [1.82, 2.24) is 0 Å². The van der Waals surface area contributed by atoms with Crippen molar-refractivity contribution in [1.29, 1.82) is 0 Å². The SMILES string of the molecule is Nc1cc(OOC(=O)OCl)ccc1Cl. The van der Waals surface area contributed by atoms with Crippen molar-refractivity contribution in [2.75, 3.05) is 5.73 Å². The Morgan fingerprint density at radius 3 is 2.71 bits per heavy atom. The minimum absolute atomic E-state index is 0.203. The molecule has 0 bridgehead atoms. The van der Waals surface area contributed by atoms with Crippen LogP contribution in [0.4, 0.5) is 10.5 Å². The second kappa shape index (κ2) is 4.78. The van der Waals surface area contributed by atoms with E-state index in [1.54, 1.807) is 0 Å². The van der Waals surface area contributed by atoms with Crippen LogP contribution in [0.1, 0.15) is 0 Å². The zero-order chi connectivity index (χ0) is 10.6. The molecule has 1 aromatic carbocycles. The largest absolute Gasteiger partial charge is 0.568 e. The Kier molecular flexibility index (Phi) is 3.67. The fourth-order valence-corrected chi connectivity index (χ4v) is 0.812. The quantitative estimate of drug-likeness (QED) is 0.487. The molecule has 0 aromatic heterocycles. The van der Waals surface area contributed by atoms with Gasteiger partial charge in [0.15, 0.2) is 5.75 Å². The van der Waals surface area contributed by atoms with Gasteiger partial charge in [-0.15, -0.1) is 0 Å². The molecule has 0 aliphatic rings. The summed E-state index contributed by atoms with van der Waals surface area (Å²) in [5.74, 6) is 0.203. The molecule has 0 radical (unpaired) electrons. The summed E-state index contributed by atoms with van der Waals surface area (Å²) < 4.78 is 3.65. The Hall–Kier alpha value is -1.33. The first-order chi connectivity index (χ1) is 6.63. The van der Waals surface area contributed by atoms with Crippen molar-refractivity contribution in [3.8, 4) is 5.75 Å². The standard InChI is InChI=1S/C7H5Cl2NO4/c8-5-2-1-4(3-6(5)10)13-14-7(11)12-9/h1-3H,10H2. The Morgan fingerprint density at radius 1 is 1.43 bits per heavy atom. The number of hydrogen-bond donors (Lipinski definition) is 1. The van der Waals surface area contributed by atoms with E-state index in [1.165, 1.54) is 18.2 Å². The van der Waals surface area contributed by atoms with E-state index in [9.17, 15) is 4.79 Å². The zero-order valence-electron chi connectivity index (χ0n) is 6.70. The molecule has 0 amide bonds. The summed E-state index contributed by atoms with van der Waals surface area (Å²) in [6.07, 6.45) is -1.18. The highest BCUT2D eigenvalue weighted by Crippen LogP contribution is 2.23. The first-order valence-electron chi connectivity index (χ1n) is 3.35. The summed E-state index contributed by atoms with van der Waals surface area (Å²) in [5, 5.41) is 0.372. The first-order valence-corrected chi connectivity index (χ1v) is 4.04. The van der Waals surface area contributed by atoms with Gasteiger partial charge in [0.2, 0.25) is 0 Å². The number of carbonyl (C=O) groups is 1. The lowest BCUT2D eigenvalue weighted by Crippen LogP contribution is -2.05. The van der Waals surface area contributed by atoms with Crippen LogP contribution in [0, 0.1) is 0 Å². The zero-order valence-corrected chi connectivity index (χ0v) is 8.21. The monoisotopic (exact) mass is 237 g/mol. The lowest BCUT2D eigenvalue weighted by molar-refractivity contribution is -0.157. The van der Waals surface area contributed by atoms with E-state index in [0.29, 0.717) is 10.7 Å². The third-order valence-electron chi connectivity index (χ3n) is 1.24. The number of carbonyl (C=O) groups excluding carboxylic acids is 1. The number of hydrogen-bond acceptors (Lipinski definition) is 5. The van der Waals surface area contributed by atoms with Gasteiger partial charge in [-0.1, -0.05) is 11.6 Å². The minimum atomic E-state index is -1.18. The van der Waals surface area contributed by atoms with Crippen LogP contribution in [0.15, 0.2) is 18.2 Å². The molecule has 0 unspecified atom stereocenters. The Labute approximate surface area is 89.3 Å². The Bertz CT molecular complexity index is 344. The van der Waals surface area contributed by atoms with Crippen molar-refractivity contribution in [3.05, 3.63) is 23.2 Å². The van der Waals surface area contributed by atoms with Gasteiger partial charge in [0, 0.05) is 6.07 Å². The molecule has 0 aliphatic carbocycles. The molecular weight excluding hydrogens is 233 g/mol. The van der Waals surface area contributed by atoms with Gasteiger partial charge in [-0.25, -0.2) is 4.89 Å². The molecule has 7 heteroatoms.